The number of carbonyl (C=O) groups excluding carboxylic acids is 3. The molecule has 12 aromatic rings. The minimum atomic E-state index is -4.04. The van der Waals surface area contributed by atoms with Gasteiger partial charge in [0.1, 0.15) is 69.8 Å². The van der Waals surface area contributed by atoms with E-state index < -0.39 is 147 Å². The molecule has 664 valence electrons. The van der Waals surface area contributed by atoms with Gasteiger partial charge in [0.05, 0.1) is 65.8 Å². The molecule has 9 aromatic heterocycles. The molecule has 3 saturated heterocycles. The van der Waals surface area contributed by atoms with Crippen molar-refractivity contribution in [3.8, 4) is 40.5 Å². The first kappa shape index (κ1) is 98.8. The van der Waals surface area contributed by atoms with Gasteiger partial charge in [0, 0.05) is 134 Å². The van der Waals surface area contributed by atoms with E-state index in [4.69, 9.17) is 34.6 Å². The number of carbonyl (C=O) groups is 3. The number of halogens is 10. The van der Waals surface area contributed by atoms with Gasteiger partial charge in [-0.15, -0.1) is 24.0 Å². The molecule has 127 heavy (non-hydrogen) atoms. The number of anilines is 3. The molecule has 4 N–H and O–H groups in total. The fourth-order valence-electron chi connectivity index (χ4n) is 12.8. The molecule has 0 spiro atoms. The van der Waals surface area contributed by atoms with Gasteiger partial charge >= 0.3 is 7.12 Å². The fraction of sp³-hybridized carbons (Fsp3) is 0.316. The van der Waals surface area contributed by atoms with Crippen LogP contribution in [-0.2, 0) is 48.9 Å². The van der Waals surface area contributed by atoms with E-state index in [1.807, 2.05) is 54.0 Å². The summed E-state index contributed by atoms with van der Waals surface area (Å²) in [6.45, 7) is 13.5. The van der Waals surface area contributed by atoms with Crippen LogP contribution in [0.25, 0.3) is 55.4 Å². The number of nitrogens with zero attached hydrogens (tertiary/aromatic N) is 17. The minimum absolute atomic E-state index is 0. The highest BCUT2D eigenvalue weighted by Crippen LogP contribution is 2.39. The Morgan fingerprint density at radius 3 is 1.24 bits per heavy atom. The van der Waals surface area contributed by atoms with Crippen LogP contribution in [0.1, 0.15) is 184 Å². The van der Waals surface area contributed by atoms with Gasteiger partial charge in [-0.25, -0.2) is 106 Å². The van der Waals surface area contributed by atoms with E-state index >= 15 is 13.2 Å². The van der Waals surface area contributed by atoms with Crippen molar-refractivity contribution in [1.29, 1.82) is 15.8 Å². The Balaban J connectivity index is 0.000000187. The largest absolute Gasteiger partial charge is 0.496 e. The van der Waals surface area contributed by atoms with Crippen LogP contribution >= 0.6 is 77.1 Å². The third-order valence-corrected chi connectivity index (χ3v) is 24.4. The minimum Gasteiger partial charge on any atom is -0.399 e. The number of aromatic nitrogens is 15. The zero-order valence-electron chi connectivity index (χ0n) is 68.0. The average Bonchev–Trinajstić information content (AvgIpc) is 1.59. The van der Waals surface area contributed by atoms with E-state index in [0.29, 0.717) is 70.5 Å². The molecule has 12 heterocycles. The quantitative estimate of drug-likeness (QED) is 0.0200. The molecule has 15 rings (SSSR count). The zero-order chi connectivity index (χ0) is 91.3. The molecular formula is C79H74BBrF6I3N21O13S3. The molecule has 2 unspecified atom stereocenters. The van der Waals surface area contributed by atoms with E-state index in [1.54, 1.807) is 51.2 Å². The van der Waals surface area contributed by atoms with Crippen molar-refractivity contribution in [2.24, 2.45) is 0 Å². The van der Waals surface area contributed by atoms with Crippen molar-refractivity contribution in [2.45, 2.75) is 130 Å². The van der Waals surface area contributed by atoms with Gasteiger partial charge in [-0.1, -0.05) is 20.8 Å². The Kier molecular flexibility index (Phi) is 33.2. The van der Waals surface area contributed by atoms with Crippen molar-refractivity contribution in [1.82, 2.24) is 74.6 Å². The number of hydrogen-bond acceptors (Lipinski definition) is 28. The third-order valence-electron chi connectivity index (χ3n) is 19.7. The van der Waals surface area contributed by atoms with Gasteiger partial charge in [0.25, 0.3) is 0 Å². The average molecular weight is 2210 g/mol. The van der Waals surface area contributed by atoms with E-state index in [9.17, 15) is 52.8 Å². The van der Waals surface area contributed by atoms with Crippen LogP contribution < -0.4 is 19.6 Å². The number of nitrogens with one attached hydrogen (secondary N) is 4. The molecule has 48 heteroatoms. The second-order valence-corrected chi connectivity index (χ2v) is 35.4. The summed E-state index contributed by atoms with van der Waals surface area (Å²) >= 11 is 7.38. The van der Waals surface area contributed by atoms with Crippen LogP contribution in [0.2, 0.25) is 0 Å². The molecule has 0 bridgehead atoms. The van der Waals surface area contributed by atoms with Gasteiger partial charge in [-0.2, -0.15) is 31.1 Å². The molecule has 3 aliphatic heterocycles. The molecule has 2 atom stereocenters. The molecule has 3 aromatic carbocycles. The topological polar surface area (TPSA) is 478 Å². The molecule has 34 nitrogen and oxygen atoms in total. The maximum Gasteiger partial charge on any atom is 0.496 e. The fourth-order valence-corrected chi connectivity index (χ4v) is 16.5. The summed E-state index contributed by atoms with van der Waals surface area (Å²) < 4.78 is 196. The molecule has 0 radical (unpaired) electrons. The number of ketones is 3. The number of aromatic amines is 1. The maximum absolute atomic E-state index is 15.6. The van der Waals surface area contributed by atoms with Gasteiger partial charge in [-0.3, -0.25) is 33.6 Å². The second kappa shape index (κ2) is 42.7. The van der Waals surface area contributed by atoms with Gasteiger partial charge in [0.15, 0.2) is 46.8 Å². The molecular weight excluding hydrogens is 2130 g/mol. The number of sulfonamides is 3. The summed E-state index contributed by atoms with van der Waals surface area (Å²) in [6, 6.07) is 15.6. The molecule has 3 fully saturated rings. The molecule has 3 aliphatic rings. The lowest BCUT2D eigenvalue weighted by Gasteiger charge is -2.32. The van der Waals surface area contributed by atoms with Crippen LogP contribution in [0, 0.1) is 68.9 Å². The summed E-state index contributed by atoms with van der Waals surface area (Å²) in [7, 11) is -12.9. The highest BCUT2D eigenvalue weighted by molar-refractivity contribution is 15.0. The zero-order valence-corrected chi connectivity index (χ0v) is 78.6. The van der Waals surface area contributed by atoms with Crippen molar-refractivity contribution in [2.75, 3.05) is 44.6 Å². The Hall–Kier alpha value is -10.4. The van der Waals surface area contributed by atoms with Crippen LogP contribution in [0.4, 0.5) is 43.4 Å². The predicted molar refractivity (Wildman–Crippen MR) is 484 cm³/mol. The number of H-pyrrole nitrogens is 1. The van der Waals surface area contributed by atoms with Crippen LogP contribution in [-0.4, -0.2) is 166 Å². The summed E-state index contributed by atoms with van der Waals surface area (Å²) in [5, 5.41) is 42.3. The van der Waals surface area contributed by atoms with Crippen LogP contribution in [0.5, 0.6) is 0 Å². The first-order valence-corrected chi connectivity index (χ1v) is 50.3. The normalized spacial score (nSPS) is 15.2. The van der Waals surface area contributed by atoms with E-state index in [-0.39, 0.29) is 111 Å². The number of hydrogen-bond donors (Lipinski definition) is 4. The van der Waals surface area contributed by atoms with E-state index in [1.165, 1.54) is 58.9 Å². The van der Waals surface area contributed by atoms with Crippen molar-refractivity contribution in [3.05, 3.63) is 201 Å². The van der Waals surface area contributed by atoms with Crippen molar-refractivity contribution < 1.29 is 84.8 Å². The van der Waals surface area contributed by atoms with Gasteiger partial charge < -0.3 is 18.8 Å². The first-order chi connectivity index (χ1) is 60.0. The number of pyridine rings is 3. The van der Waals surface area contributed by atoms with Gasteiger partial charge in [-0.05, 0) is 156 Å². The monoisotopic (exact) mass is 2210 g/mol. The summed E-state index contributed by atoms with van der Waals surface area (Å²) in [5.74, 6) is -11.0. The molecule has 0 amide bonds. The van der Waals surface area contributed by atoms with Crippen molar-refractivity contribution in [3.63, 3.8) is 0 Å². The number of rotatable bonds is 23. The molecule has 0 aliphatic carbocycles. The Morgan fingerprint density at radius 1 is 0.512 bits per heavy atom. The standard InChI is InChI=1S/C27H33BF2N4O6S.C26H23F2N7O4S.C21H15F2N7O3S.C5H2BrN3.I2.HI/c1-6-13-41(36,37)33-23-19(29)11-10-17(21(23)30)24(35)22-18-14-16(28-39-26(2,3)27(4,5)40-28)15-31-25(18)34(32-22)20-9-7-8-12-38-20;1-2-9-40(37,38)34-24-19(27)7-6-17(22(24)28)25(36)23-18-10-15(16-13-30-20(11-29)31-14-16)12-32-26(18)35(33-23)21-5-3-4-8-39-21;1-2-5-34(32,33)30-19-15(22)4-3-13(17(19)23)20(31)18-14-6-11(8-27-21(14)29-28-18)12-9-25-16(7-24)26-10-12;6-4-2-8-5(1-7)9-3-4;1-2;/h10-11,14-15,20,33H,6-9,12-13H2,1-5H3;6-7,10,12-14,21,34H,2-5,8-9H2,1H3;3-4,6,8-10,30H,2,5H2,1H3,(H,27,28,29);2-3H;;1H. The number of benzene rings is 3. The second-order valence-electron chi connectivity index (χ2n) is 29.0. The van der Waals surface area contributed by atoms with E-state index in [0.717, 1.165) is 66.6 Å². The van der Waals surface area contributed by atoms with Crippen molar-refractivity contribution >= 4 is 187 Å². The van der Waals surface area contributed by atoms with Crippen LogP contribution in [0.15, 0.2) is 115 Å². The van der Waals surface area contributed by atoms with Gasteiger partial charge in [0.2, 0.25) is 64.9 Å². The SMILES string of the molecule is CCCS(=O)(=O)Nc1c(F)ccc(C(=O)c2[nH]nc3ncc(-c4cnc(C#N)nc4)cc23)c1F.CCCS(=O)(=O)Nc1c(F)ccc(C(=O)c2nn(C3CCCCO3)c3ncc(-c4cnc(C#N)nc4)cc23)c1F.CCCS(=O)(=O)Nc1c(F)ccc(C(=O)c2nn(C3CCCCO3)c3ncc(B4OC(C)(C)C(C)(C)O4)cc23)c1F.I.II.N#Cc1ncc(Br)cn1. The first-order valence-electron chi connectivity index (χ1n) is 38.3. The lowest BCUT2D eigenvalue weighted by atomic mass is 9.80. The Morgan fingerprint density at radius 2 is 0.866 bits per heavy atom. The summed E-state index contributed by atoms with van der Waals surface area (Å²) in [5.41, 5.74) is -2.81. The smallest absolute Gasteiger partial charge is 0.399 e. The summed E-state index contributed by atoms with van der Waals surface area (Å²) in [6.07, 6.45) is 17.8. The Labute approximate surface area is 771 Å². The highest BCUT2D eigenvalue weighted by Gasteiger charge is 2.52. The number of fused-ring (bicyclic) bond motifs is 3. The predicted octanol–water partition coefficient (Wildman–Crippen LogP) is 14.7. The number of nitriles is 3. The molecule has 0 saturated carbocycles. The lowest BCUT2D eigenvalue weighted by Crippen LogP contribution is -2.41. The number of ether oxygens (including phenoxy) is 2. The van der Waals surface area contributed by atoms with E-state index in [2.05, 4.69) is 118 Å². The highest BCUT2D eigenvalue weighted by atomic mass is 128. The lowest BCUT2D eigenvalue weighted by molar-refractivity contribution is -0.0372. The van der Waals surface area contributed by atoms with Crippen LogP contribution in [0.3, 0.4) is 0 Å². The summed E-state index contributed by atoms with van der Waals surface area (Å²) in [4.78, 5) is 77.0. The maximum atomic E-state index is 15.6. The Bertz CT molecular complexity index is 6610. The third kappa shape index (κ3) is 23.0.